The number of hydrogen-bond acceptors (Lipinski definition) is 5. The maximum Gasteiger partial charge on any atom is 0.252 e. The number of allylic oxidation sites excluding steroid dienone is 2. The van der Waals surface area contributed by atoms with Crippen LogP contribution in [0.4, 0.5) is 4.39 Å². The van der Waals surface area contributed by atoms with Crippen LogP contribution in [0.3, 0.4) is 0 Å². The summed E-state index contributed by atoms with van der Waals surface area (Å²) in [5.74, 6) is -1.20. The van der Waals surface area contributed by atoms with E-state index in [1.54, 1.807) is 6.08 Å². The summed E-state index contributed by atoms with van der Waals surface area (Å²) in [5, 5.41) is 0. The van der Waals surface area contributed by atoms with Crippen LogP contribution < -0.4 is 10.5 Å². The minimum absolute atomic E-state index is 0.0210. The first kappa shape index (κ1) is 21.0. The average molecular weight is 403 g/mol. The Hall–Kier alpha value is -2.67. The number of carbonyl (C=O) groups is 2. The third kappa shape index (κ3) is 3.67. The lowest BCUT2D eigenvalue weighted by molar-refractivity contribution is -0.124. The minimum Gasteiger partial charge on any atom is -0.496 e. The van der Waals surface area contributed by atoms with E-state index in [0.29, 0.717) is 17.7 Å². The van der Waals surface area contributed by atoms with Gasteiger partial charge in [-0.15, -0.1) is 6.58 Å². The second kappa shape index (κ2) is 7.99. The lowest BCUT2D eigenvalue weighted by atomic mass is 9.69. The number of carbonyl (C=O) groups excluding carboxylic acids is 2. The molecule has 0 radical (unpaired) electrons. The van der Waals surface area contributed by atoms with Crippen molar-refractivity contribution in [2.45, 2.75) is 32.3 Å². The summed E-state index contributed by atoms with van der Waals surface area (Å²) >= 11 is 0. The van der Waals surface area contributed by atoms with Gasteiger partial charge in [0.25, 0.3) is 5.91 Å². The third-order valence-electron chi connectivity index (χ3n) is 6.07. The van der Waals surface area contributed by atoms with Crippen molar-refractivity contribution in [2.24, 2.45) is 23.5 Å². The van der Waals surface area contributed by atoms with E-state index in [9.17, 15) is 14.0 Å². The Kier molecular flexibility index (Phi) is 5.80. The molecule has 1 saturated heterocycles. The van der Waals surface area contributed by atoms with Crippen LogP contribution in [-0.4, -0.2) is 31.2 Å². The number of fused-ring (bicyclic) bond motifs is 1. The summed E-state index contributed by atoms with van der Waals surface area (Å²) in [7, 11) is 1.35. The number of hydrogen-bond donors (Lipinski definition) is 1. The molecule has 1 aliphatic carbocycles. The number of primary amides is 1. The molecule has 4 atom stereocenters. The first-order valence-corrected chi connectivity index (χ1v) is 9.55. The summed E-state index contributed by atoms with van der Waals surface area (Å²) in [4.78, 5) is 24.2. The maximum absolute atomic E-state index is 14.7. The van der Waals surface area contributed by atoms with Crippen molar-refractivity contribution < 1.29 is 28.2 Å². The van der Waals surface area contributed by atoms with Crippen LogP contribution >= 0.6 is 0 Å². The van der Waals surface area contributed by atoms with E-state index in [4.69, 9.17) is 19.9 Å². The Morgan fingerprint density at radius 1 is 1.48 bits per heavy atom. The van der Waals surface area contributed by atoms with E-state index in [1.807, 2.05) is 13.8 Å². The van der Waals surface area contributed by atoms with E-state index < -0.39 is 17.3 Å². The first-order valence-electron chi connectivity index (χ1n) is 9.55. The molecule has 0 aromatic heterocycles. The minimum atomic E-state index is -0.838. The van der Waals surface area contributed by atoms with Crippen molar-refractivity contribution in [3.05, 3.63) is 53.6 Å². The molecular weight excluding hydrogens is 377 g/mol. The fourth-order valence-corrected chi connectivity index (χ4v) is 4.19. The van der Waals surface area contributed by atoms with Crippen LogP contribution in [0.1, 0.15) is 36.2 Å². The zero-order chi connectivity index (χ0) is 21.3. The lowest BCUT2D eigenvalue weighted by Gasteiger charge is -2.39. The van der Waals surface area contributed by atoms with Gasteiger partial charge in [-0.2, -0.15) is 0 Å². The van der Waals surface area contributed by atoms with Crippen molar-refractivity contribution in [3.63, 3.8) is 0 Å². The summed E-state index contributed by atoms with van der Waals surface area (Å²) in [6.07, 6.45) is 3.93. The molecule has 29 heavy (non-hydrogen) atoms. The summed E-state index contributed by atoms with van der Waals surface area (Å²) in [6.45, 7) is 7.69. The second-order valence-electron chi connectivity index (χ2n) is 7.73. The Morgan fingerprint density at radius 3 is 2.83 bits per heavy atom. The van der Waals surface area contributed by atoms with Gasteiger partial charge in [-0.3, -0.25) is 9.59 Å². The van der Waals surface area contributed by atoms with Crippen LogP contribution in [-0.2, 0) is 20.7 Å². The van der Waals surface area contributed by atoms with E-state index in [1.165, 1.54) is 19.3 Å². The van der Waals surface area contributed by atoms with Gasteiger partial charge in [0.2, 0.25) is 0 Å². The monoisotopic (exact) mass is 403 g/mol. The molecule has 1 aromatic rings. The Morgan fingerprint density at radius 2 is 2.21 bits per heavy atom. The van der Waals surface area contributed by atoms with Gasteiger partial charge in [0.1, 0.15) is 22.9 Å². The molecule has 2 N–H and O–H groups in total. The molecule has 7 heteroatoms. The lowest BCUT2D eigenvalue weighted by Crippen LogP contribution is -2.46. The molecule has 156 valence electrons. The Labute approximate surface area is 169 Å². The van der Waals surface area contributed by atoms with Crippen molar-refractivity contribution in [3.8, 4) is 5.75 Å². The SMILES string of the molecule is C=CC(C)C1C[C@]2(C(C)Cc3cc(C(N)=O)c(OC)cc3F)OCOC2=CC1=O. The second-order valence-corrected chi connectivity index (χ2v) is 7.73. The highest BCUT2D eigenvalue weighted by Gasteiger charge is 2.52. The molecule has 1 heterocycles. The standard InChI is InChI=1S/C22H26FNO5/c1-5-12(2)16-10-22(20(9-18(16)25)28-11-29-22)13(3)6-14-7-15(21(24)26)19(27-4)8-17(14)23/h5,7-9,12-13,16H,1,6,10-11H2,2-4H3,(H2,24,26)/t12?,13?,16?,22-/m1/s1. The predicted molar refractivity (Wildman–Crippen MR) is 105 cm³/mol. The fraction of sp³-hybridized carbons (Fsp3) is 0.455. The molecular formula is C22H26FNO5. The van der Waals surface area contributed by atoms with Crippen LogP contribution in [0.5, 0.6) is 5.75 Å². The molecule has 1 aromatic carbocycles. The highest BCUT2D eigenvalue weighted by atomic mass is 19.1. The van der Waals surface area contributed by atoms with E-state index >= 15 is 0 Å². The quantitative estimate of drug-likeness (QED) is 0.707. The topological polar surface area (TPSA) is 87.9 Å². The van der Waals surface area contributed by atoms with E-state index in [0.717, 1.165) is 6.07 Å². The predicted octanol–water partition coefficient (Wildman–Crippen LogP) is 3.15. The van der Waals surface area contributed by atoms with Crippen molar-refractivity contribution in [2.75, 3.05) is 13.9 Å². The molecule has 0 saturated carbocycles. The fourth-order valence-electron chi connectivity index (χ4n) is 4.19. The number of halogens is 1. The number of ether oxygens (including phenoxy) is 3. The largest absolute Gasteiger partial charge is 0.496 e. The zero-order valence-electron chi connectivity index (χ0n) is 16.9. The number of methoxy groups -OCH3 is 1. The molecule has 1 aliphatic heterocycles. The van der Waals surface area contributed by atoms with Gasteiger partial charge in [0.05, 0.1) is 12.7 Å². The van der Waals surface area contributed by atoms with Gasteiger partial charge in [-0.1, -0.05) is 19.9 Å². The average Bonchev–Trinajstić information content (AvgIpc) is 3.11. The highest BCUT2D eigenvalue weighted by Crippen LogP contribution is 2.47. The third-order valence-corrected chi connectivity index (χ3v) is 6.07. The van der Waals surface area contributed by atoms with Crippen molar-refractivity contribution >= 4 is 11.7 Å². The number of amides is 1. The van der Waals surface area contributed by atoms with Crippen molar-refractivity contribution in [1.82, 2.24) is 0 Å². The molecule has 0 spiro atoms. The van der Waals surface area contributed by atoms with Crippen molar-refractivity contribution in [1.29, 1.82) is 0 Å². The van der Waals surface area contributed by atoms with Gasteiger partial charge in [0.15, 0.2) is 12.6 Å². The van der Waals surface area contributed by atoms with Crippen LogP contribution in [0.15, 0.2) is 36.6 Å². The Balaban J connectivity index is 1.95. The maximum atomic E-state index is 14.7. The van der Waals surface area contributed by atoms with Gasteiger partial charge < -0.3 is 19.9 Å². The molecule has 2 aliphatic rings. The molecule has 6 nitrogen and oxygen atoms in total. The highest BCUT2D eigenvalue weighted by molar-refractivity contribution is 5.96. The summed E-state index contributed by atoms with van der Waals surface area (Å²) < 4.78 is 31.3. The molecule has 1 amide bonds. The number of rotatable bonds is 7. The molecule has 3 unspecified atom stereocenters. The molecule has 3 rings (SSSR count). The number of ketones is 1. The van der Waals surface area contributed by atoms with Gasteiger partial charge in [-0.05, 0) is 36.3 Å². The number of nitrogens with two attached hydrogens (primary N) is 1. The summed E-state index contributed by atoms with van der Waals surface area (Å²) in [5.41, 5.74) is 5.01. The van der Waals surface area contributed by atoms with E-state index in [-0.39, 0.29) is 48.1 Å². The smallest absolute Gasteiger partial charge is 0.252 e. The van der Waals surface area contributed by atoms with E-state index in [2.05, 4.69) is 6.58 Å². The van der Waals surface area contributed by atoms with Gasteiger partial charge in [-0.25, -0.2) is 4.39 Å². The summed E-state index contributed by atoms with van der Waals surface area (Å²) in [6, 6.07) is 2.58. The van der Waals surface area contributed by atoms with Crippen LogP contribution in [0.2, 0.25) is 0 Å². The van der Waals surface area contributed by atoms with Gasteiger partial charge >= 0.3 is 0 Å². The molecule has 1 fully saturated rings. The first-order chi connectivity index (χ1) is 13.7. The number of benzene rings is 1. The van der Waals surface area contributed by atoms with Crippen LogP contribution in [0, 0.1) is 23.6 Å². The molecule has 0 bridgehead atoms. The zero-order valence-corrected chi connectivity index (χ0v) is 16.9. The van der Waals surface area contributed by atoms with Gasteiger partial charge in [0, 0.05) is 18.1 Å². The van der Waals surface area contributed by atoms with Crippen LogP contribution in [0.25, 0.3) is 0 Å². The normalized spacial score (nSPS) is 25.4. The Bertz CT molecular complexity index is 880.